The summed E-state index contributed by atoms with van der Waals surface area (Å²) in [6, 6.07) is 10.8. The number of likely N-dealkylation sites (tertiary alicyclic amines) is 1. The molecule has 1 N–H and O–H groups in total. The molecule has 0 unspecified atom stereocenters. The Labute approximate surface area is 187 Å². The number of nitrogens with zero attached hydrogens (tertiary/aromatic N) is 5. The third-order valence-electron chi connectivity index (χ3n) is 6.25. The van der Waals surface area contributed by atoms with Gasteiger partial charge in [-0.05, 0) is 44.0 Å². The zero-order valence-corrected chi connectivity index (χ0v) is 19.5. The van der Waals surface area contributed by atoms with Crippen LogP contribution in [0.25, 0.3) is 0 Å². The second-order valence-electron chi connectivity index (χ2n) is 9.68. The minimum absolute atomic E-state index is 0. The van der Waals surface area contributed by atoms with Gasteiger partial charge in [-0.3, -0.25) is 0 Å². The van der Waals surface area contributed by atoms with Crippen LogP contribution in [0, 0.1) is 5.41 Å². The summed E-state index contributed by atoms with van der Waals surface area (Å²) in [6.07, 6.45) is 2.39. The molecule has 166 valence electrons. The summed E-state index contributed by atoms with van der Waals surface area (Å²) in [5, 5.41) is 12.3. The Kier molecular flexibility index (Phi) is 7.91. The summed E-state index contributed by atoms with van der Waals surface area (Å²) < 4.78 is 2.36. The van der Waals surface area contributed by atoms with Crippen molar-refractivity contribution >= 4 is 12.4 Å². The molecular formula is C23H37ClN6. The van der Waals surface area contributed by atoms with Gasteiger partial charge >= 0.3 is 0 Å². The quantitative estimate of drug-likeness (QED) is 0.728. The van der Waals surface area contributed by atoms with Crippen molar-refractivity contribution in [2.45, 2.75) is 52.2 Å². The van der Waals surface area contributed by atoms with Gasteiger partial charge in [0, 0.05) is 38.6 Å². The molecule has 2 aliphatic heterocycles. The maximum Gasteiger partial charge on any atom is 0.147 e. The third-order valence-corrected chi connectivity index (χ3v) is 6.25. The van der Waals surface area contributed by atoms with Gasteiger partial charge in [0.15, 0.2) is 0 Å². The standard InChI is InChI=1S/C23H36N6.ClH/c1-23(2,17-27(3)16-19-7-5-4-6-8-19)18-28-12-9-20(10-13-28)22-26-25-21-15-24-11-14-29(21)22;/h4-8,20,24H,9-18H2,1-3H3;1H. The molecule has 1 aromatic heterocycles. The predicted octanol–water partition coefficient (Wildman–Crippen LogP) is 3.14. The summed E-state index contributed by atoms with van der Waals surface area (Å²) in [5.74, 6) is 2.90. The van der Waals surface area contributed by atoms with Crippen molar-refractivity contribution in [3.63, 3.8) is 0 Å². The Morgan fingerprint density at radius 1 is 1.10 bits per heavy atom. The summed E-state index contributed by atoms with van der Waals surface area (Å²) in [5.41, 5.74) is 1.66. The largest absolute Gasteiger partial charge is 0.312 e. The SMILES string of the molecule is CN(Cc1ccccc1)CC(C)(C)CN1CCC(c2nnc3n2CCNC3)CC1.Cl. The van der Waals surface area contributed by atoms with Crippen LogP contribution in [-0.4, -0.2) is 64.3 Å². The van der Waals surface area contributed by atoms with Gasteiger partial charge in [-0.1, -0.05) is 44.2 Å². The first-order chi connectivity index (χ1) is 14.0. The predicted molar refractivity (Wildman–Crippen MR) is 124 cm³/mol. The van der Waals surface area contributed by atoms with E-state index in [1.165, 1.54) is 24.2 Å². The minimum atomic E-state index is 0. The molecule has 4 rings (SSSR count). The maximum absolute atomic E-state index is 4.55. The topological polar surface area (TPSA) is 49.2 Å². The Bertz CT molecular complexity index is 782. The van der Waals surface area contributed by atoms with E-state index in [2.05, 4.69) is 81.1 Å². The molecule has 2 aromatic rings. The molecule has 7 heteroatoms. The van der Waals surface area contributed by atoms with E-state index < -0.39 is 0 Å². The minimum Gasteiger partial charge on any atom is -0.312 e. The zero-order valence-electron chi connectivity index (χ0n) is 18.7. The smallest absolute Gasteiger partial charge is 0.147 e. The van der Waals surface area contributed by atoms with Crippen molar-refractivity contribution in [1.82, 2.24) is 29.9 Å². The number of hydrogen-bond acceptors (Lipinski definition) is 5. The fourth-order valence-corrected chi connectivity index (χ4v) is 5.10. The molecule has 0 saturated carbocycles. The van der Waals surface area contributed by atoms with Crippen molar-refractivity contribution < 1.29 is 0 Å². The molecule has 2 aliphatic rings. The van der Waals surface area contributed by atoms with E-state index in [0.717, 1.165) is 58.2 Å². The van der Waals surface area contributed by atoms with E-state index >= 15 is 0 Å². The van der Waals surface area contributed by atoms with Crippen LogP contribution in [0.4, 0.5) is 0 Å². The van der Waals surface area contributed by atoms with Crippen molar-refractivity contribution in [1.29, 1.82) is 0 Å². The number of benzene rings is 1. The average molecular weight is 433 g/mol. The van der Waals surface area contributed by atoms with E-state index in [1.807, 2.05) is 0 Å². The van der Waals surface area contributed by atoms with Gasteiger partial charge in [0.1, 0.15) is 11.6 Å². The Balaban J connectivity index is 0.00000256. The Morgan fingerprint density at radius 2 is 1.83 bits per heavy atom. The van der Waals surface area contributed by atoms with Crippen LogP contribution in [0.5, 0.6) is 0 Å². The van der Waals surface area contributed by atoms with Crippen molar-refractivity contribution in [2.24, 2.45) is 5.41 Å². The van der Waals surface area contributed by atoms with Crippen LogP contribution >= 0.6 is 12.4 Å². The molecule has 0 amide bonds. The van der Waals surface area contributed by atoms with E-state index in [9.17, 15) is 0 Å². The monoisotopic (exact) mass is 432 g/mol. The molecule has 1 aromatic carbocycles. The molecule has 0 bridgehead atoms. The third kappa shape index (κ3) is 5.82. The van der Waals surface area contributed by atoms with Crippen LogP contribution < -0.4 is 5.32 Å². The van der Waals surface area contributed by atoms with Crippen LogP contribution in [0.15, 0.2) is 30.3 Å². The highest BCUT2D eigenvalue weighted by atomic mass is 35.5. The van der Waals surface area contributed by atoms with Crippen molar-refractivity contribution in [2.75, 3.05) is 39.8 Å². The Morgan fingerprint density at radius 3 is 2.57 bits per heavy atom. The molecule has 1 saturated heterocycles. The highest BCUT2D eigenvalue weighted by Gasteiger charge is 2.30. The van der Waals surface area contributed by atoms with Gasteiger partial charge in [0.25, 0.3) is 0 Å². The number of halogens is 1. The number of fused-ring (bicyclic) bond motifs is 1. The summed E-state index contributed by atoms with van der Waals surface area (Å²) >= 11 is 0. The number of piperidine rings is 1. The molecule has 0 aliphatic carbocycles. The Hall–Kier alpha value is -1.47. The van der Waals surface area contributed by atoms with E-state index in [1.54, 1.807) is 0 Å². The van der Waals surface area contributed by atoms with Crippen molar-refractivity contribution in [3.05, 3.63) is 47.5 Å². The molecule has 0 spiro atoms. The number of nitrogens with one attached hydrogen (secondary N) is 1. The molecule has 6 nitrogen and oxygen atoms in total. The lowest BCUT2D eigenvalue weighted by atomic mass is 9.89. The van der Waals surface area contributed by atoms with Gasteiger partial charge in [-0.15, -0.1) is 22.6 Å². The van der Waals surface area contributed by atoms with Gasteiger partial charge < -0.3 is 19.7 Å². The summed E-state index contributed by atoms with van der Waals surface area (Å²) in [4.78, 5) is 5.11. The van der Waals surface area contributed by atoms with Crippen LogP contribution in [0.3, 0.4) is 0 Å². The highest BCUT2D eigenvalue weighted by molar-refractivity contribution is 5.85. The van der Waals surface area contributed by atoms with E-state index in [0.29, 0.717) is 5.92 Å². The lowest BCUT2D eigenvalue weighted by molar-refractivity contribution is 0.109. The van der Waals surface area contributed by atoms with Crippen molar-refractivity contribution in [3.8, 4) is 0 Å². The molecule has 1 fully saturated rings. The van der Waals surface area contributed by atoms with Gasteiger partial charge in [0.2, 0.25) is 0 Å². The van der Waals surface area contributed by atoms with E-state index in [-0.39, 0.29) is 17.8 Å². The molecule has 0 radical (unpaired) electrons. The van der Waals surface area contributed by atoms with Gasteiger partial charge in [-0.2, -0.15) is 0 Å². The molecule has 3 heterocycles. The second kappa shape index (κ2) is 10.2. The normalized spacial score (nSPS) is 18.3. The van der Waals surface area contributed by atoms with Gasteiger partial charge in [0.05, 0.1) is 6.54 Å². The second-order valence-corrected chi connectivity index (χ2v) is 9.68. The van der Waals surface area contributed by atoms with Gasteiger partial charge in [-0.25, -0.2) is 0 Å². The fourth-order valence-electron chi connectivity index (χ4n) is 5.10. The van der Waals surface area contributed by atoms with Crippen LogP contribution in [0.1, 0.15) is 49.8 Å². The molecular weight excluding hydrogens is 396 g/mol. The lowest BCUT2D eigenvalue weighted by Crippen LogP contribution is -2.44. The zero-order chi connectivity index (χ0) is 20.3. The first kappa shape index (κ1) is 23.2. The maximum atomic E-state index is 4.55. The molecule has 30 heavy (non-hydrogen) atoms. The summed E-state index contributed by atoms with van der Waals surface area (Å²) in [6.45, 7) is 13.3. The number of rotatable bonds is 7. The fraction of sp³-hybridized carbons (Fsp3) is 0.652. The first-order valence-corrected chi connectivity index (χ1v) is 11.1. The number of aromatic nitrogens is 3. The average Bonchev–Trinajstić information content (AvgIpc) is 3.12. The van der Waals surface area contributed by atoms with E-state index in [4.69, 9.17) is 0 Å². The van der Waals surface area contributed by atoms with Crippen LogP contribution in [-0.2, 0) is 19.6 Å². The van der Waals surface area contributed by atoms with Crippen LogP contribution in [0.2, 0.25) is 0 Å². The first-order valence-electron chi connectivity index (χ1n) is 11.1. The number of hydrogen-bond donors (Lipinski definition) is 1. The lowest BCUT2D eigenvalue weighted by Gasteiger charge is -2.39. The molecule has 0 atom stereocenters. The summed E-state index contributed by atoms with van der Waals surface area (Å²) in [7, 11) is 2.24. The highest BCUT2D eigenvalue weighted by Crippen LogP contribution is 2.30.